The fourth-order valence-corrected chi connectivity index (χ4v) is 4.30. The topological polar surface area (TPSA) is 86.7 Å². The van der Waals surface area contributed by atoms with E-state index in [4.69, 9.17) is 0 Å². The first kappa shape index (κ1) is 20.9. The SMILES string of the molecule is CCN(CC)S(=O)(=O)c1ccc(C(C)NC(=O)c2cccc(C)c2O)cc1. The Morgan fingerprint density at radius 3 is 2.26 bits per heavy atom. The predicted octanol–water partition coefficient (Wildman–Crippen LogP) is 3.22. The van der Waals surface area contributed by atoms with Gasteiger partial charge in [-0.05, 0) is 43.2 Å². The minimum Gasteiger partial charge on any atom is -0.507 e. The summed E-state index contributed by atoms with van der Waals surface area (Å²) in [5, 5.41) is 12.9. The van der Waals surface area contributed by atoms with Gasteiger partial charge in [-0.1, -0.05) is 38.1 Å². The van der Waals surface area contributed by atoms with Crippen molar-refractivity contribution in [2.45, 2.75) is 38.6 Å². The number of para-hydroxylation sites is 1. The number of aromatic hydroxyl groups is 1. The standard InChI is InChI=1S/C20H26N2O4S/c1-5-22(6-2)27(25,26)17-12-10-16(11-13-17)15(4)21-20(24)18-9-7-8-14(3)19(18)23/h7-13,15,23H,5-6H2,1-4H3,(H,21,24). The number of phenols is 1. The number of phenolic OH excluding ortho intramolecular Hbond substituents is 1. The molecule has 0 fully saturated rings. The molecule has 27 heavy (non-hydrogen) atoms. The van der Waals surface area contributed by atoms with Crippen molar-refractivity contribution in [1.29, 1.82) is 0 Å². The molecule has 0 aliphatic rings. The number of benzene rings is 2. The van der Waals surface area contributed by atoms with Gasteiger partial charge in [0.15, 0.2) is 0 Å². The van der Waals surface area contributed by atoms with Gasteiger partial charge in [-0.15, -0.1) is 0 Å². The molecule has 2 rings (SSSR count). The first-order valence-electron chi connectivity index (χ1n) is 8.91. The van der Waals surface area contributed by atoms with Crippen LogP contribution < -0.4 is 5.32 Å². The van der Waals surface area contributed by atoms with Gasteiger partial charge >= 0.3 is 0 Å². The number of nitrogens with zero attached hydrogens (tertiary/aromatic N) is 1. The van der Waals surface area contributed by atoms with Crippen LogP contribution in [0.25, 0.3) is 0 Å². The summed E-state index contributed by atoms with van der Waals surface area (Å²) < 4.78 is 26.5. The van der Waals surface area contributed by atoms with Crippen molar-refractivity contribution in [2.75, 3.05) is 13.1 Å². The molecular weight excluding hydrogens is 364 g/mol. The third-order valence-electron chi connectivity index (χ3n) is 4.55. The van der Waals surface area contributed by atoms with Gasteiger partial charge in [0, 0.05) is 13.1 Å². The van der Waals surface area contributed by atoms with E-state index >= 15 is 0 Å². The summed E-state index contributed by atoms with van der Waals surface area (Å²) in [6.45, 7) is 7.95. The van der Waals surface area contributed by atoms with Crippen molar-refractivity contribution >= 4 is 15.9 Å². The Kier molecular flexibility index (Phi) is 6.62. The molecule has 1 unspecified atom stereocenters. The number of amides is 1. The Hall–Kier alpha value is -2.38. The zero-order chi connectivity index (χ0) is 20.2. The number of hydrogen-bond acceptors (Lipinski definition) is 4. The summed E-state index contributed by atoms with van der Waals surface area (Å²) in [5.41, 5.74) is 1.61. The highest BCUT2D eigenvalue weighted by Crippen LogP contribution is 2.23. The Morgan fingerprint density at radius 2 is 1.70 bits per heavy atom. The lowest BCUT2D eigenvalue weighted by Gasteiger charge is -2.19. The van der Waals surface area contributed by atoms with Gasteiger partial charge in [0.2, 0.25) is 10.0 Å². The van der Waals surface area contributed by atoms with Gasteiger partial charge in [-0.2, -0.15) is 4.31 Å². The highest BCUT2D eigenvalue weighted by molar-refractivity contribution is 7.89. The molecule has 7 heteroatoms. The van der Waals surface area contributed by atoms with Crippen LogP contribution in [-0.2, 0) is 10.0 Å². The van der Waals surface area contributed by atoms with E-state index in [2.05, 4.69) is 5.32 Å². The first-order chi connectivity index (χ1) is 12.7. The van der Waals surface area contributed by atoms with E-state index in [9.17, 15) is 18.3 Å². The maximum absolute atomic E-state index is 12.5. The molecule has 6 nitrogen and oxygen atoms in total. The molecule has 0 heterocycles. The zero-order valence-electron chi connectivity index (χ0n) is 16.1. The molecule has 1 amide bonds. The molecule has 2 aromatic carbocycles. The van der Waals surface area contributed by atoms with Crippen LogP contribution in [0.2, 0.25) is 0 Å². The van der Waals surface area contributed by atoms with Crippen LogP contribution in [0.5, 0.6) is 5.75 Å². The van der Waals surface area contributed by atoms with E-state index in [-0.39, 0.29) is 28.2 Å². The third kappa shape index (κ3) is 4.48. The lowest BCUT2D eigenvalue weighted by molar-refractivity contribution is 0.0937. The number of carbonyl (C=O) groups excluding carboxylic acids is 1. The monoisotopic (exact) mass is 390 g/mol. The molecule has 2 N–H and O–H groups in total. The smallest absolute Gasteiger partial charge is 0.255 e. The summed E-state index contributed by atoms with van der Waals surface area (Å²) in [5.74, 6) is -0.425. The maximum Gasteiger partial charge on any atom is 0.255 e. The zero-order valence-corrected chi connectivity index (χ0v) is 16.9. The number of hydrogen-bond donors (Lipinski definition) is 2. The summed E-state index contributed by atoms with van der Waals surface area (Å²) in [4.78, 5) is 12.6. The van der Waals surface area contributed by atoms with Crippen LogP contribution >= 0.6 is 0 Å². The van der Waals surface area contributed by atoms with Crippen molar-refractivity contribution in [3.8, 4) is 5.75 Å². The number of rotatable bonds is 7. The second-order valence-electron chi connectivity index (χ2n) is 6.32. The second kappa shape index (κ2) is 8.54. The molecular formula is C20H26N2O4S. The fourth-order valence-electron chi connectivity index (χ4n) is 2.84. The molecule has 0 aliphatic heterocycles. The van der Waals surface area contributed by atoms with Crippen molar-refractivity contribution in [3.63, 3.8) is 0 Å². The Bertz CT molecular complexity index is 904. The molecule has 0 saturated carbocycles. The lowest BCUT2D eigenvalue weighted by atomic mass is 10.1. The van der Waals surface area contributed by atoms with Gasteiger partial charge in [-0.25, -0.2) is 8.42 Å². The summed E-state index contributed by atoms with van der Waals surface area (Å²) in [6, 6.07) is 11.1. The van der Waals surface area contributed by atoms with Gasteiger partial charge in [0.1, 0.15) is 5.75 Å². The van der Waals surface area contributed by atoms with Crippen LogP contribution in [-0.4, -0.2) is 36.8 Å². The number of sulfonamides is 1. The maximum atomic E-state index is 12.5. The molecule has 0 aliphatic carbocycles. The Morgan fingerprint density at radius 1 is 1.11 bits per heavy atom. The Labute approximate surface area is 160 Å². The van der Waals surface area contributed by atoms with E-state index in [1.165, 1.54) is 4.31 Å². The van der Waals surface area contributed by atoms with Crippen LogP contribution in [0, 0.1) is 6.92 Å². The summed E-state index contributed by atoms with van der Waals surface area (Å²) in [6.07, 6.45) is 0. The molecule has 146 valence electrons. The Balaban J connectivity index is 2.17. The quantitative estimate of drug-likeness (QED) is 0.760. The summed E-state index contributed by atoms with van der Waals surface area (Å²) in [7, 11) is -3.51. The number of carbonyl (C=O) groups is 1. The van der Waals surface area contributed by atoms with Gasteiger partial charge in [0.25, 0.3) is 5.91 Å². The molecule has 0 saturated heterocycles. The molecule has 0 aromatic heterocycles. The largest absolute Gasteiger partial charge is 0.507 e. The molecule has 0 bridgehead atoms. The van der Waals surface area contributed by atoms with E-state index in [0.29, 0.717) is 18.7 Å². The van der Waals surface area contributed by atoms with Crippen molar-refractivity contribution < 1.29 is 18.3 Å². The summed E-state index contributed by atoms with van der Waals surface area (Å²) >= 11 is 0. The predicted molar refractivity (Wildman–Crippen MR) is 105 cm³/mol. The average Bonchev–Trinajstić information content (AvgIpc) is 2.64. The van der Waals surface area contributed by atoms with E-state index in [1.54, 1.807) is 70.2 Å². The third-order valence-corrected chi connectivity index (χ3v) is 6.62. The van der Waals surface area contributed by atoms with E-state index in [0.717, 1.165) is 5.56 Å². The molecule has 0 radical (unpaired) electrons. The van der Waals surface area contributed by atoms with Crippen molar-refractivity contribution in [2.24, 2.45) is 0 Å². The molecule has 0 spiro atoms. The fraction of sp³-hybridized carbons (Fsp3) is 0.350. The highest BCUT2D eigenvalue weighted by Gasteiger charge is 2.22. The highest BCUT2D eigenvalue weighted by atomic mass is 32.2. The van der Waals surface area contributed by atoms with Crippen LogP contribution in [0.1, 0.15) is 48.3 Å². The normalized spacial score (nSPS) is 12.8. The van der Waals surface area contributed by atoms with Crippen LogP contribution in [0.15, 0.2) is 47.4 Å². The minimum atomic E-state index is -3.51. The molecule has 1 atom stereocenters. The van der Waals surface area contributed by atoms with E-state index in [1.807, 2.05) is 0 Å². The average molecular weight is 391 g/mol. The van der Waals surface area contributed by atoms with Crippen molar-refractivity contribution in [3.05, 3.63) is 59.2 Å². The van der Waals surface area contributed by atoms with Gasteiger partial charge in [0.05, 0.1) is 16.5 Å². The van der Waals surface area contributed by atoms with Gasteiger partial charge in [-0.3, -0.25) is 4.79 Å². The number of nitrogens with one attached hydrogen (secondary N) is 1. The van der Waals surface area contributed by atoms with Crippen LogP contribution in [0.3, 0.4) is 0 Å². The van der Waals surface area contributed by atoms with Crippen LogP contribution in [0.4, 0.5) is 0 Å². The number of aryl methyl sites for hydroxylation is 1. The lowest BCUT2D eigenvalue weighted by Crippen LogP contribution is -2.30. The second-order valence-corrected chi connectivity index (χ2v) is 8.26. The van der Waals surface area contributed by atoms with E-state index < -0.39 is 10.0 Å². The van der Waals surface area contributed by atoms with Gasteiger partial charge < -0.3 is 10.4 Å². The van der Waals surface area contributed by atoms with Crippen molar-refractivity contribution in [1.82, 2.24) is 9.62 Å². The molecule has 2 aromatic rings. The minimum absolute atomic E-state index is 0.0390. The first-order valence-corrected chi connectivity index (χ1v) is 10.4.